The smallest absolute Gasteiger partial charge is 0.272 e. The summed E-state index contributed by atoms with van der Waals surface area (Å²) >= 11 is 0. The fourth-order valence-corrected chi connectivity index (χ4v) is 3.94. The molecule has 32 heavy (non-hydrogen) atoms. The molecular formula is C24H22FN5O2. The van der Waals surface area contributed by atoms with Crippen LogP contribution in [0.3, 0.4) is 0 Å². The molecule has 3 heterocycles. The van der Waals surface area contributed by atoms with E-state index in [4.69, 9.17) is 4.74 Å². The average molecular weight is 431 g/mol. The van der Waals surface area contributed by atoms with E-state index >= 15 is 0 Å². The summed E-state index contributed by atoms with van der Waals surface area (Å²) in [6.07, 6.45) is 3.05. The van der Waals surface area contributed by atoms with Gasteiger partial charge in [-0.2, -0.15) is 5.10 Å². The third-order valence-electron chi connectivity index (χ3n) is 5.68. The number of ether oxygens (including phenoxy) is 1. The van der Waals surface area contributed by atoms with Gasteiger partial charge in [0.05, 0.1) is 22.9 Å². The van der Waals surface area contributed by atoms with Crippen LogP contribution in [0.1, 0.15) is 23.3 Å². The first-order chi connectivity index (χ1) is 15.6. The van der Waals surface area contributed by atoms with E-state index in [1.54, 1.807) is 36.1 Å². The number of halogens is 1. The van der Waals surface area contributed by atoms with Crippen LogP contribution in [0.5, 0.6) is 5.88 Å². The van der Waals surface area contributed by atoms with Crippen molar-refractivity contribution in [3.8, 4) is 17.1 Å². The van der Waals surface area contributed by atoms with Crippen LogP contribution >= 0.6 is 0 Å². The Morgan fingerprint density at radius 1 is 1.06 bits per heavy atom. The summed E-state index contributed by atoms with van der Waals surface area (Å²) in [6.45, 7) is 1.17. The van der Waals surface area contributed by atoms with Crippen LogP contribution in [-0.4, -0.2) is 49.7 Å². The number of hydrogen-bond donors (Lipinski definition) is 0. The average Bonchev–Trinajstić information content (AvgIpc) is 3.21. The topological polar surface area (TPSA) is 73.1 Å². The molecule has 8 heteroatoms. The van der Waals surface area contributed by atoms with E-state index in [-0.39, 0.29) is 17.8 Å². The molecule has 162 valence electrons. The number of fused-ring (bicyclic) bond motifs is 1. The highest BCUT2D eigenvalue weighted by molar-refractivity contribution is 5.93. The van der Waals surface area contributed by atoms with Gasteiger partial charge in [0.1, 0.15) is 17.6 Å². The number of rotatable bonds is 4. The lowest BCUT2D eigenvalue weighted by Gasteiger charge is -2.31. The molecule has 1 aliphatic rings. The highest BCUT2D eigenvalue weighted by atomic mass is 19.1. The molecule has 1 fully saturated rings. The minimum Gasteiger partial charge on any atom is -0.473 e. The van der Waals surface area contributed by atoms with Crippen LogP contribution in [0.2, 0.25) is 0 Å². The number of carbonyl (C=O) groups is 1. The van der Waals surface area contributed by atoms with Crippen molar-refractivity contribution >= 4 is 16.9 Å². The fraction of sp³-hybridized carbons (Fsp3) is 0.250. The number of nitrogens with zero attached hydrogens (tertiary/aromatic N) is 5. The number of hydrogen-bond acceptors (Lipinski definition) is 5. The molecule has 0 saturated carbocycles. The minimum atomic E-state index is -0.305. The molecule has 7 nitrogen and oxygen atoms in total. The van der Waals surface area contributed by atoms with Crippen molar-refractivity contribution in [2.24, 2.45) is 7.05 Å². The number of aromatic nitrogens is 4. The monoisotopic (exact) mass is 431 g/mol. The number of likely N-dealkylation sites (tertiary alicyclic amines) is 1. The molecule has 1 aliphatic heterocycles. The molecule has 5 rings (SSSR count). The first-order valence-corrected chi connectivity index (χ1v) is 10.5. The van der Waals surface area contributed by atoms with Crippen molar-refractivity contribution in [3.63, 3.8) is 0 Å². The Morgan fingerprint density at radius 3 is 2.53 bits per heavy atom. The summed E-state index contributed by atoms with van der Waals surface area (Å²) in [5.41, 5.74) is 3.54. The zero-order valence-corrected chi connectivity index (χ0v) is 17.6. The largest absolute Gasteiger partial charge is 0.473 e. The van der Waals surface area contributed by atoms with Crippen LogP contribution < -0.4 is 4.74 Å². The molecule has 4 aromatic rings. The molecule has 2 aromatic heterocycles. The maximum atomic E-state index is 13.2. The summed E-state index contributed by atoms with van der Waals surface area (Å²) in [7, 11) is 1.74. The molecular weight excluding hydrogens is 409 g/mol. The molecule has 1 saturated heterocycles. The molecule has 1 amide bonds. The Balaban J connectivity index is 1.23. The standard InChI is InChI=1S/C24H22FN5O2/c1-29-22(14-21(28-29)16-6-8-17(25)9-7-16)24(31)30-12-10-18(11-13-30)32-23-15-26-19-4-2-3-5-20(19)27-23/h2-9,14-15,18H,10-13H2,1H3. The zero-order chi connectivity index (χ0) is 22.1. The van der Waals surface area contributed by atoms with Gasteiger partial charge in [-0.05, 0) is 42.5 Å². The number of benzene rings is 2. The van der Waals surface area contributed by atoms with E-state index in [1.165, 1.54) is 12.1 Å². The predicted molar refractivity (Wildman–Crippen MR) is 118 cm³/mol. The van der Waals surface area contributed by atoms with Crippen LogP contribution in [0.4, 0.5) is 4.39 Å². The van der Waals surface area contributed by atoms with E-state index in [0.717, 1.165) is 16.6 Å². The molecule has 0 atom stereocenters. The van der Waals surface area contributed by atoms with Gasteiger partial charge in [-0.1, -0.05) is 12.1 Å². The van der Waals surface area contributed by atoms with Gasteiger partial charge >= 0.3 is 0 Å². The van der Waals surface area contributed by atoms with E-state index < -0.39 is 0 Å². The predicted octanol–water partition coefficient (Wildman–Crippen LogP) is 3.85. The van der Waals surface area contributed by atoms with Crippen molar-refractivity contribution in [3.05, 3.63) is 72.3 Å². The second-order valence-electron chi connectivity index (χ2n) is 7.85. The van der Waals surface area contributed by atoms with Gasteiger partial charge in [-0.15, -0.1) is 0 Å². The Morgan fingerprint density at radius 2 is 1.78 bits per heavy atom. The van der Waals surface area contributed by atoms with Crippen LogP contribution in [0.15, 0.2) is 60.8 Å². The first-order valence-electron chi connectivity index (χ1n) is 10.5. The summed E-state index contributed by atoms with van der Waals surface area (Å²) in [5.74, 6) is 0.127. The SMILES string of the molecule is Cn1nc(-c2ccc(F)cc2)cc1C(=O)N1CCC(Oc2cnc3ccccc3n2)CC1. The Bertz CT molecular complexity index is 1260. The molecule has 0 radical (unpaired) electrons. The number of carbonyl (C=O) groups excluding carboxylic acids is 1. The quantitative estimate of drug-likeness (QED) is 0.491. The van der Waals surface area contributed by atoms with Crippen molar-refractivity contribution < 1.29 is 13.9 Å². The van der Waals surface area contributed by atoms with Gasteiger partial charge in [-0.25, -0.2) is 14.4 Å². The number of para-hydroxylation sites is 2. The maximum Gasteiger partial charge on any atom is 0.272 e. The Hall–Kier alpha value is -3.81. The second-order valence-corrected chi connectivity index (χ2v) is 7.85. The summed E-state index contributed by atoms with van der Waals surface area (Å²) in [5, 5.41) is 4.43. The number of piperidine rings is 1. The third kappa shape index (κ3) is 4.03. The fourth-order valence-electron chi connectivity index (χ4n) is 3.94. The van der Waals surface area contributed by atoms with Crippen molar-refractivity contribution in [1.82, 2.24) is 24.6 Å². The van der Waals surface area contributed by atoms with Gasteiger partial charge in [0.2, 0.25) is 5.88 Å². The zero-order valence-electron chi connectivity index (χ0n) is 17.6. The first kappa shape index (κ1) is 20.1. The maximum absolute atomic E-state index is 13.2. The van der Waals surface area contributed by atoms with Gasteiger partial charge in [0.25, 0.3) is 5.91 Å². The summed E-state index contributed by atoms with van der Waals surface area (Å²) in [6, 6.07) is 15.5. The molecule has 0 unspecified atom stereocenters. The second kappa shape index (κ2) is 8.37. The van der Waals surface area contributed by atoms with Gasteiger partial charge in [0.15, 0.2) is 0 Å². The van der Waals surface area contributed by atoms with Crippen LogP contribution in [0.25, 0.3) is 22.3 Å². The normalized spacial score (nSPS) is 14.6. The van der Waals surface area contributed by atoms with Crippen molar-refractivity contribution in [1.29, 1.82) is 0 Å². The highest BCUT2D eigenvalue weighted by Crippen LogP contribution is 2.23. The van der Waals surface area contributed by atoms with Gasteiger partial charge < -0.3 is 9.64 Å². The molecule has 0 bridgehead atoms. The third-order valence-corrected chi connectivity index (χ3v) is 5.68. The Kier molecular flexibility index (Phi) is 5.26. The van der Waals surface area contributed by atoms with Crippen LogP contribution in [0, 0.1) is 5.82 Å². The number of aryl methyl sites for hydroxylation is 1. The molecule has 0 aliphatic carbocycles. The Labute approximate surface area is 184 Å². The lowest BCUT2D eigenvalue weighted by Crippen LogP contribution is -2.42. The van der Waals surface area contributed by atoms with E-state index in [1.807, 2.05) is 29.2 Å². The lowest BCUT2D eigenvalue weighted by molar-refractivity contribution is 0.0578. The van der Waals surface area contributed by atoms with Gasteiger partial charge in [-0.3, -0.25) is 9.48 Å². The minimum absolute atomic E-state index is 0.0178. The highest BCUT2D eigenvalue weighted by Gasteiger charge is 2.27. The molecule has 2 aromatic carbocycles. The van der Waals surface area contributed by atoms with Crippen molar-refractivity contribution in [2.75, 3.05) is 13.1 Å². The van der Waals surface area contributed by atoms with E-state index in [2.05, 4.69) is 15.1 Å². The lowest BCUT2D eigenvalue weighted by atomic mass is 10.1. The molecule has 0 N–H and O–H groups in total. The molecule has 0 spiro atoms. The number of amides is 1. The van der Waals surface area contributed by atoms with E-state index in [0.29, 0.717) is 43.2 Å². The van der Waals surface area contributed by atoms with Crippen LogP contribution in [-0.2, 0) is 7.05 Å². The van der Waals surface area contributed by atoms with E-state index in [9.17, 15) is 9.18 Å². The summed E-state index contributed by atoms with van der Waals surface area (Å²) < 4.78 is 20.8. The van der Waals surface area contributed by atoms with Gasteiger partial charge in [0, 0.05) is 38.5 Å². The summed E-state index contributed by atoms with van der Waals surface area (Å²) in [4.78, 5) is 23.8. The van der Waals surface area contributed by atoms with Crippen molar-refractivity contribution in [2.45, 2.75) is 18.9 Å².